The van der Waals surface area contributed by atoms with E-state index < -0.39 is 0 Å². The van der Waals surface area contributed by atoms with Gasteiger partial charge in [0.15, 0.2) is 0 Å². The van der Waals surface area contributed by atoms with Crippen molar-refractivity contribution in [1.29, 1.82) is 0 Å². The number of hydrogen-bond acceptors (Lipinski definition) is 4. The fourth-order valence-electron chi connectivity index (χ4n) is 2.86. The lowest BCUT2D eigenvalue weighted by Crippen LogP contribution is -2.37. The smallest absolute Gasteiger partial charge is 0.297 e. The van der Waals surface area contributed by atoms with Crippen molar-refractivity contribution in [2.45, 2.75) is 78.4 Å². The van der Waals surface area contributed by atoms with E-state index in [2.05, 4.69) is 44.8 Å². The topological polar surface area (TPSA) is 41.3 Å². The van der Waals surface area contributed by atoms with E-state index in [0.717, 1.165) is 24.8 Å². The lowest BCUT2D eigenvalue weighted by atomic mass is 10.1. The summed E-state index contributed by atoms with van der Waals surface area (Å²) >= 11 is 0. The highest BCUT2D eigenvalue weighted by molar-refractivity contribution is 5.29. The fraction of sp³-hybridized carbons (Fsp3) is 0.824. The van der Waals surface area contributed by atoms with Crippen LogP contribution in [0.5, 0.6) is 0 Å². The second-order valence-corrected chi connectivity index (χ2v) is 7.71. The molecule has 0 bridgehead atoms. The minimum Gasteiger partial charge on any atom is -0.432 e. The van der Waals surface area contributed by atoms with E-state index in [1.165, 1.54) is 25.7 Å². The molecule has 1 N–H and O–H groups in total. The third-order valence-electron chi connectivity index (χ3n) is 3.91. The molecule has 1 saturated carbocycles. The van der Waals surface area contributed by atoms with Crippen LogP contribution >= 0.6 is 0 Å². The second-order valence-electron chi connectivity index (χ2n) is 7.71. The van der Waals surface area contributed by atoms with Crippen molar-refractivity contribution in [3.05, 3.63) is 12.0 Å². The molecule has 1 fully saturated rings. The van der Waals surface area contributed by atoms with Crippen molar-refractivity contribution < 1.29 is 4.42 Å². The molecule has 0 amide bonds. The Hall–Kier alpha value is -1.03. The molecule has 1 aromatic rings. The molecule has 0 radical (unpaired) electrons. The predicted octanol–water partition coefficient (Wildman–Crippen LogP) is 3.97. The van der Waals surface area contributed by atoms with Crippen LogP contribution in [0.3, 0.4) is 0 Å². The summed E-state index contributed by atoms with van der Waals surface area (Å²) in [5.41, 5.74) is 1.09. The van der Waals surface area contributed by atoms with Crippen LogP contribution in [0.25, 0.3) is 0 Å². The lowest BCUT2D eigenvalue weighted by molar-refractivity contribution is 0.420. The van der Waals surface area contributed by atoms with Gasteiger partial charge in [-0.1, -0.05) is 26.7 Å². The minimum atomic E-state index is 0.0994. The number of nitrogens with one attached hydrogen (secondary N) is 1. The van der Waals surface area contributed by atoms with Gasteiger partial charge < -0.3 is 14.6 Å². The molecule has 0 atom stereocenters. The Morgan fingerprint density at radius 2 is 2.00 bits per heavy atom. The molecule has 0 unspecified atom stereocenters. The number of aromatic nitrogens is 1. The second kappa shape index (κ2) is 6.82. The largest absolute Gasteiger partial charge is 0.432 e. The van der Waals surface area contributed by atoms with Gasteiger partial charge in [0.2, 0.25) is 0 Å². The Bertz CT molecular complexity index is 427. The fourth-order valence-corrected chi connectivity index (χ4v) is 2.86. The molecule has 1 heterocycles. The molecule has 4 nitrogen and oxygen atoms in total. The van der Waals surface area contributed by atoms with Gasteiger partial charge in [-0.05, 0) is 39.5 Å². The number of anilines is 1. The van der Waals surface area contributed by atoms with Gasteiger partial charge >= 0.3 is 0 Å². The SMILES string of the molecule is CC(C)CN(c1nc(CNC(C)(C)C)co1)C1CCCC1. The Labute approximate surface area is 129 Å². The maximum absolute atomic E-state index is 5.78. The number of rotatable bonds is 6. The molecule has 1 aromatic heterocycles. The van der Waals surface area contributed by atoms with Gasteiger partial charge in [0, 0.05) is 24.7 Å². The predicted molar refractivity (Wildman–Crippen MR) is 87.5 cm³/mol. The van der Waals surface area contributed by atoms with Gasteiger partial charge in [0.05, 0.1) is 5.69 Å². The van der Waals surface area contributed by atoms with Crippen LogP contribution in [0.15, 0.2) is 10.7 Å². The summed E-state index contributed by atoms with van der Waals surface area (Å²) in [6, 6.07) is 1.41. The molecule has 120 valence electrons. The van der Waals surface area contributed by atoms with Crippen LogP contribution in [-0.2, 0) is 6.54 Å². The third kappa shape index (κ3) is 5.03. The molecule has 0 aromatic carbocycles. The van der Waals surface area contributed by atoms with Gasteiger partial charge in [0.1, 0.15) is 6.26 Å². The van der Waals surface area contributed by atoms with E-state index >= 15 is 0 Å². The minimum absolute atomic E-state index is 0.0994. The average molecular weight is 293 g/mol. The highest BCUT2D eigenvalue weighted by Crippen LogP contribution is 2.28. The highest BCUT2D eigenvalue weighted by Gasteiger charge is 2.26. The molecule has 0 spiro atoms. The zero-order valence-corrected chi connectivity index (χ0v) is 14.3. The summed E-state index contributed by atoms with van der Waals surface area (Å²) in [4.78, 5) is 7.10. The monoisotopic (exact) mass is 293 g/mol. The standard InChI is InChI=1S/C17H31N3O/c1-13(2)11-20(15-8-6-7-9-15)16-19-14(12-21-16)10-18-17(3,4)5/h12-13,15,18H,6-11H2,1-5H3. The van der Waals surface area contributed by atoms with E-state index in [4.69, 9.17) is 9.40 Å². The van der Waals surface area contributed by atoms with Crippen LogP contribution in [0.1, 0.15) is 66.0 Å². The zero-order valence-electron chi connectivity index (χ0n) is 14.3. The summed E-state index contributed by atoms with van der Waals surface area (Å²) < 4.78 is 5.78. The first kappa shape index (κ1) is 16.3. The molecule has 4 heteroatoms. The molecule has 1 aliphatic carbocycles. The molecular formula is C17H31N3O. The molecule has 0 aliphatic heterocycles. The third-order valence-corrected chi connectivity index (χ3v) is 3.91. The number of hydrogen-bond donors (Lipinski definition) is 1. The van der Waals surface area contributed by atoms with Crippen molar-refractivity contribution >= 4 is 6.01 Å². The van der Waals surface area contributed by atoms with Crippen LogP contribution in [0, 0.1) is 5.92 Å². The van der Waals surface area contributed by atoms with Crippen molar-refractivity contribution in [3.63, 3.8) is 0 Å². The maximum Gasteiger partial charge on any atom is 0.297 e. The van der Waals surface area contributed by atoms with Crippen LogP contribution in [0.2, 0.25) is 0 Å². The summed E-state index contributed by atoms with van der Waals surface area (Å²) in [5, 5.41) is 3.46. The Balaban J connectivity index is 2.04. The van der Waals surface area contributed by atoms with E-state index in [0.29, 0.717) is 12.0 Å². The first-order valence-corrected chi connectivity index (χ1v) is 8.31. The Morgan fingerprint density at radius 1 is 1.33 bits per heavy atom. The first-order chi connectivity index (χ1) is 9.85. The molecule has 2 rings (SSSR count). The molecule has 1 aliphatic rings. The number of nitrogens with zero attached hydrogens (tertiary/aromatic N) is 2. The van der Waals surface area contributed by atoms with Crippen molar-refractivity contribution in [2.75, 3.05) is 11.4 Å². The van der Waals surface area contributed by atoms with Crippen LogP contribution in [-0.4, -0.2) is 23.1 Å². The zero-order chi connectivity index (χ0) is 15.5. The maximum atomic E-state index is 5.78. The normalized spacial score (nSPS) is 16.9. The summed E-state index contributed by atoms with van der Waals surface area (Å²) in [5.74, 6) is 0.619. The van der Waals surface area contributed by atoms with Gasteiger partial charge in [-0.25, -0.2) is 0 Å². The van der Waals surface area contributed by atoms with Crippen molar-refractivity contribution in [2.24, 2.45) is 5.92 Å². The summed E-state index contributed by atoms with van der Waals surface area (Å²) in [6.45, 7) is 12.8. The Kier molecular flexibility index (Phi) is 5.31. The summed E-state index contributed by atoms with van der Waals surface area (Å²) in [6.07, 6.45) is 7.00. The van der Waals surface area contributed by atoms with Gasteiger partial charge in [-0.15, -0.1) is 0 Å². The van der Waals surface area contributed by atoms with Gasteiger partial charge in [-0.3, -0.25) is 0 Å². The Morgan fingerprint density at radius 3 is 2.57 bits per heavy atom. The lowest BCUT2D eigenvalue weighted by Gasteiger charge is -2.28. The molecule has 21 heavy (non-hydrogen) atoms. The van der Waals surface area contributed by atoms with E-state index in [1.54, 1.807) is 6.26 Å². The van der Waals surface area contributed by atoms with Crippen molar-refractivity contribution in [3.8, 4) is 0 Å². The van der Waals surface area contributed by atoms with Crippen LogP contribution in [0.4, 0.5) is 6.01 Å². The highest BCUT2D eigenvalue weighted by atomic mass is 16.4. The van der Waals surface area contributed by atoms with E-state index in [9.17, 15) is 0 Å². The summed E-state index contributed by atoms with van der Waals surface area (Å²) in [7, 11) is 0. The van der Waals surface area contributed by atoms with Crippen molar-refractivity contribution in [1.82, 2.24) is 10.3 Å². The molecular weight excluding hydrogens is 262 g/mol. The average Bonchev–Trinajstić information content (AvgIpc) is 3.04. The first-order valence-electron chi connectivity index (χ1n) is 8.31. The van der Waals surface area contributed by atoms with E-state index in [1.807, 2.05) is 0 Å². The van der Waals surface area contributed by atoms with Gasteiger partial charge in [-0.2, -0.15) is 4.98 Å². The van der Waals surface area contributed by atoms with Crippen LogP contribution < -0.4 is 10.2 Å². The van der Waals surface area contributed by atoms with Gasteiger partial charge in [0.25, 0.3) is 6.01 Å². The molecule has 0 saturated heterocycles. The quantitative estimate of drug-likeness (QED) is 0.861. The number of oxazole rings is 1. The van der Waals surface area contributed by atoms with E-state index in [-0.39, 0.29) is 5.54 Å².